The third-order valence-electron chi connectivity index (χ3n) is 2.86. The quantitative estimate of drug-likeness (QED) is 0.591. The van der Waals surface area contributed by atoms with Gasteiger partial charge in [-0.05, 0) is 13.8 Å². The number of urea groups is 1. The number of fused-ring (bicyclic) bond motifs is 1. The molecule has 2 aliphatic heterocycles. The predicted molar refractivity (Wildman–Crippen MR) is 57.2 cm³/mol. The number of carbonyl (C=O) groups is 1. The van der Waals surface area contributed by atoms with Gasteiger partial charge < -0.3 is 30.0 Å². The van der Waals surface area contributed by atoms with Crippen LogP contribution in [0.1, 0.15) is 13.8 Å². The third kappa shape index (κ3) is 2.37. The van der Waals surface area contributed by atoms with Crippen molar-refractivity contribution >= 4 is 6.03 Å². The van der Waals surface area contributed by atoms with Gasteiger partial charge in [0, 0.05) is 7.05 Å². The largest absolute Gasteiger partial charge is 0.394 e. The molecule has 17 heavy (non-hydrogen) atoms. The molecule has 0 spiro atoms. The van der Waals surface area contributed by atoms with Crippen molar-refractivity contribution in [2.24, 2.45) is 0 Å². The van der Waals surface area contributed by atoms with Crippen molar-refractivity contribution in [3.63, 3.8) is 0 Å². The lowest BCUT2D eigenvalue weighted by molar-refractivity contribution is -0.210. The van der Waals surface area contributed by atoms with Crippen LogP contribution in [0.4, 0.5) is 4.79 Å². The molecule has 2 aliphatic rings. The molecule has 2 fully saturated rings. The van der Waals surface area contributed by atoms with Crippen LogP contribution >= 0.6 is 0 Å². The van der Waals surface area contributed by atoms with E-state index in [9.17, 15) is 9.90 Å². The lowest BCUT2D eigenvalue weighted by atomic mass is 10.1. The van der Waals surface area contributed by atoms with Gasteiger partial charge in [-0.1, -0.05) is 0 Å². The minimum atomic E-state index is -0.738. The van der Waals surface area contributed by atoms with Crippen molar-refractivity contribution < 1.29 is 24.1 Å². The molecule has 7 heteroatoms. The molecular weight excluding hydrogens is 228 g/mol. The van der Waals surface area contributed by atoms with E-state index in [-0.39, 0.29) is 12.6 Å². The number of carbonyl (C=O) groups excluding carboxylic acids is 1. The zero-order chi connectivity index (χ0) is 12.6. The van der Waals surface area contributed by atoms with E-state index in [1.807, 2.05) is 0 Å². The van der Waals surface area contributed by atoms with E-state index >= 15 is 0 Å². The van der Waals surface area contributed by atoms with Crippen LogP contribution in [0, 0.1) is 0 Å². The number of ether oxygens (including phenoxy) is 3. The zero-order valence-corrected chi connectivity index (χ0v) is 10.1. The average molecular weight is 246 g/mol. The van der Waals surface area contributed by atoms with Gasteiger partial charge in [0.05, 0.1) is 12.6 Å². The van der Waals surface area contributed by atoms with Gasteiger partial charge >= 0.3 is 6.03 Å². The molecule has 0 unspecified atom stereocenters. The highest BCUT2D eigenvalue weighted by molar-refractivity contribution is 5.74. The lowest BCUT2D eigenvalue weighted by Gasteiger charge is -2.25. The summed E-state index contributed by atoms with van der Waals surface area (Å²) in [5.74, 6) is -0.738. The molecule has 2 saturated heterocycles. The second-order valence-corrected chi connectivity index (χ2v) is 4.57. The lowest BCUT2D eigenvalue weighted by Crippen LogP contribution is -2.51. The van der Waals surface area contributed by atoms with Crippen LogP contribution in [0.25, 0.3) is 0 Å². The van der Waals surface area contributed by atoms with Crippen LogP contribution in [-0.4, -0.2) is 55.1 Å². The number of nitrogens with one attached hydrogen (secondary N) is 2. The molecule has 0 aliphatic carbocycles. The summed E-state index contributed by atoms with van der Waals surface area (Å²) in [6.45, 7) is 3.36. The Morgan fingerprint density at radius 3 is 2.71 bits per heavy atom. The second kappa shape index (κ2) is 4.41. The van der Waals surface area contributed by atoms with E-state index in [0.29, 0.717) is 0 Å². The first-order valence-corrected chi connectivity index (χ1v) is 5.57. The fourth-order valence-electron chi connectivity index (χ4n) is 2.13. The molecule has 0 radical (unpaired) electrons. The molecular formula is C10H18N2O5. The Morgan fingerprint density at radius 2 is 2.12 bits per heavy atom. The summed E-state index contributed by atoms with van der Waals surface area (Å²) >= 11 is 0. The van der Waals surface area contributed by atoms with Crippen LogP contribution in [0.3, 0.4) is 0 Å². The van der Waals surface area contributed by atoms with Crippen LogP contribution < -0.4 is 10.6 Å². The minimum Gasteiger partial charge on any atom is -0.394 e. The summed E-state index contributed by atoms with van der Waals surface area (Å²) in [5.41, 5.74) is 0. The fourth-order valence-corrected chi connectivity index (χ4v) is 2.13. The first-order valence-electron chi connectivity index (χ1n) is 5.57. The van der Waals surface area contributed by atoms with Crippen molar-refractivity contribution in [1.29, 1.82) is 0 Å². The van der Waals surface area contributed by atoms with Crippen LogP contribution in [0.15, 0.2) is 0 Å². The Bertz CT molecular complexity index is 309. The number of hydrogen-bond acceptors (Lipinski definition) is 5. The first kappa shape index (κ1) is 12.6. The van der Waals surface area contributed by atoms with E-state index in [1.54, 1.807) is 13.8 Å². The maximum absolute atomic E-state index is 11.3. The Morgan fingerprint density at radius 1 is 1.41 bits per heavy atom. The van der Waals surface area contributed by atoms with Crippen molar-refractivity contribution in [1.82, 2.24) is 10.6 Å². The maximum atomic E-state index is 11.3. The fraction of sp³-hybridized carbons (Fsp3) is 0.900. The summed E-state index contributed by atoms with van der Waals surface area (Å²) < 4.78 is 16.7. The Hall–Kier alpha value is -0.890. The topological polar surface area (TPSA) is 89.1 Å². The highest BCUT2D eigenvalue weighted by atomic mass is 16.8. The molecule has 98 valence electrons. The van der Waals surface area contributed by atoms with E-state index in [1.165, 1.54) is 7.05 Å². The van der Waals surface area contributed by atoms with Crippen molar-refractivity contribution in [3.05, 3.63) is 0 Å². The van der Waals surface area contributed by atoms with Crippen molar-refractivity contribution in [3.8, 4) is 0 Å². The van der Waals surface area contributed by atoms with Crippen LogP contribution in [0.5, 0.6) is 0 Å². The van der Waals surface area contributed by atoms with Crippen LogP contribution in [0.2, 0.25) is 0 Å². The monoisotopic (exact) mass is 246 g/mol. The molecule has 3 N–H and O–H groups in total. The molecule has 2 rings (SSSR count). The summed E-state index contributed by atoms with van der Waals surface area (Å²) in [4.78, 5) is 11.3. The van der Waals surface area contributed by atoms with E-state index < -0.39 is 30.3 Å². The number of aliphatic hydroxyl groups is 1. The van der Waals surface area contributed by atoms with Gasteiger partial charge in [-0.2, -0.15) is 0 Å². The van der Waals surface area contributed by atoms with Gasteiger partial charge in [0.2, 0.25) is 0 Å². The Kier molecular flexibility index (Phi) is 3.26. The van der Waals surface area contributed by atoms with Gasteiger partial charge in [-0.15, -0.1) is 0 Å². The highest BCUT2D eigenvalue weighted by Crippen LogP contribution is 2.37. The van der Waals surface area contributed by atoms with E-state index in [0.717, 1.165) is 0 Å². The zero-order valence-electron chi connectivity index (χ0n) is 10.1. The van der Waals surface area contributed by atoms with Crippen molar-refractivity contribution in [2.45, 2.75) is 44.2 Å². The van der Waals surface area contributed by atoms with Gasteiger partial charge in [0.15, 0.2) is 12.1 Å². The summed E-state index contributed by atoms with van der Waals surface area (Å²) in [7, 11) is 1.52. The van der Waals surface area contributed by atoms with Gasteiger partial charge in [-0.25, -0.2) is 4.79 Å². The number of hydrogen-bond donors (Lipinski definition) is 3. The molecule has 0 saturated carbocycles. The summed E-state index contributed by atoms with van der Waals surface area (Å²) in [5, 5.41) is 14.4. The maximum Gasteiger partial charge on any atom is 0.314 e. The molecule has 2 heterocycles. The molecule has 0 aromatic carbocycles. The minimum absolute atomic E-state index is 0.200. The SMILES string of the molecule is CNC(=O)N[C@H]1[C@H]2OC(C)(C)O[C@H]2O[C@H]1CO. The predicted octanol–water partition coefficient (Wildman–Crippen LogP) is -0.847. The third-order valence-corrected chi connectivity index (χ3v) is 2.86. The molecule has 0 aromatic heterocycles. The number of rotatable bonds is 2. The van der Waals surface area contributed by atoms with Crippen molar-refractivity contribution in [2.75, 3.05) is 13.7 Å². The standard InChI is InChI=1S/C10H18N2O5/c1-10(2)16-7-6(12-9(14)11-3)5(4-13)15-8(7)17-10/h5-8,13H,4H2,1-3H3,(H2,11,12,14)/t5-,6+,7+,8+/m0/s1. The molecule has 2 amide bonds. The average Bonchev–Trinajstić information content (AvgIpc) is 2.72. The smallest absolute Gasteiger partial charge is 0.314 e. The number of aliphatic hydroxyl groups excluding tert-OH is 1. The summed E-state index contributed by atoms with van der Waals surface area (Å²) in [6.07, 6.45) is -1.47. The number of amides is 2. The van der Waals surface area contributed by atoms with E-state index in [4.69, 9.17) is 14.2 Å². The molecule has 7 nitrogen and oxygen atoms in total. The van der Waals surface area contributed by atoms with Gasteiger partial charge in [0.1, 0.15) is 12.2 Å². The first-order chi connectivity index (χ1) is 7.96. The highest BCUT2D eigenvalue weighted by Gasteiger charge is 2.54. The molecule has 0 bridgehead atoms. The second-order valence-electron chi connectivity index (χ2n) is 4.57. The molecule has 0 aromatic rings. The summed E-state index contributed by atoms with van der Waals surface area (Å²) in [6, 6.07) is -0.766. The normalized spacial score (nSPS) is 38.8. The van der Waals surface area contributed by atoms with Gasteiger partial charge in [0.25, 0.3) is 0 Å². The Balaban J connectivity index is 2.08. The molecule has 4 atom stereocenters. The Labute approximate surface area is 99.4 Å². The van der Waals surface area contributed by atoms with Gasteiger partial charge in [-0.3, -0.25) is 0 Å². The van der Waals surface area contributed by atoms with Crippen LogP contribution in [-0.2, 0) is 14.2 Å². The van der Waals surface area contributed by atoms with E-state index in [2.05, 4.69) is 10.6 Å².